The number of halogens is 1. The lowest BCUT2D eigenvalue weighted by atomic mass is 10.1. The summed E-state index contributed by atoms with van der Waals surface area (Å²) in [5.74, 6) is 0.877. The fourth-order valence-electron chi connectivity index (χ4n) is 1.92. The Kier molecular flexibility index (Phi) is 4.78. The third-order valence-corrected chi connectivity index (χ3v) is 4.54. The van der Waals surface area contributed by atoms with Gasteiger partial charge in [0.2, 0.25) is 0 Å². The van der Waals surface area contributed by atoms with E-state index in [2.05, 4.69) is 29.8 Å². The Morgan fingerprint density at radius 3 is 2.20 bits per heavy atom. The number of nitrogens with two attached hydrogens (primary N) is 1. The van der Waals surface area contributed by atoms with Gasteiger partial charge in [0.15, 0.2) is 0 Å². The Bertz CT molecular complexity index is 614. The van der Waals surface area contributed by atoms with Crippen LogP contribution in [0.5, 0.6) is 5.75 Å². The predicted octanol–water partition coefficient (Wildman–Crippen LogP) is 4.28. The average molecular weight is 350 g/mol. The third kappa shape index (κ3) is 3.58. The van der Waals surface area contributed by atoms with E-state index in [4.69, 9.17) is 22.7 Å². The lowest BCUT2D eigenvalue weighted by Gasteiger charge is -2.10. The molecule has 0 aromatic heterocycles. The van der Waals surface area contributed by atoms with Crippen molar-refractivity contribution in [2.75, 3.05) is 0 Å². The second-order valence-corrected chi connectivity index (χ2v) is 5.95. The summed E-state index contributed by atoms with van der Waals surface area (Å²) in [6.07, 6.45) is 0. The summed E-state index contributed by atoms with van der Waals surface area (Å²) in [6.45, 7) is 4.64. The summed E-state index contributed by atoms with van der Waals surface area (Å²) in [6, 6.07) is 11.8. The largest absolute Gasteiger partial charge is 0.489 e. The highest BCUT2D eigenvalue weighted by Gasteiger charge is 2.04. The first kappa shape index (κ1) is 15.0. The maximum atomic E-state index is 5.82. The second kappa shape index (κ2) is 6.37. The summed E-state index contributed by atoms with van der Waals surface area (Å²) in [5, 5.41) is 0. The molecule has 0 fully saturated rings. The molecular formula is C16H16BrNOS. The van der Waals surface area contributed by atoms with Gasteiger partial charge in [-0.05, 0) is 42.7 Å². The average Bonchev–Trinajstić information content (AvgIpc) is 2.42. The van der Waals surface area contributed by atoms with Crippen molar-refractivity contribution in [3.05, 3.63) is 63.1 Å². The molecule has 0 heterocycles. The molecule has 2 aromatic rings. The van der Waals surface area contributed by atoms with Gasteiger partial charge < -0.3 is 10.5 Å². The molecular weight excluding hydrogens is 334 g/mol. The number of rotatable bonds is 4. The molecule has 2 rings (SSSR count). The molecule has 0 saturated heterocycles. The number of aryl methyl sites for hydroxylation is 2. The third-order valence-electron chi connectivity index (χ3n) is 3.05. The van der Waals surface area contributed by atoms with Crippen molar-refractivity contribution in [1.82, 2.24) is 0 Å². The van der Waals surface area contributed by atoms with E-state index in [0.717, 1.165) is 21.3 Å². The molecule has 0 aliphatic rings. The number of thiocarbonyl (C=S) groups is 1. The van der Waals surface area contributed by atoms with E-state index in [0.29, 0.717) is 11.6 Å². The summed E-state index contributed by atoms with van der Waals surface area (Å²) in [7, 11) is 0. The van der Waals surface area contributed by atoms with E-state index in [1.807, 2.05) is 36.4 Å². The van der Waals surface area contributed by atoms with Crippen LogP contribution in [0, 0.1) is 13.8 Å². The van der Waals surface area contributed by atoms with Crippen molar-refractivity contribution in [2.45, 2.75) is 20.5 Å². The van der Waals surface area contributed by atoms with Crippen molar-refractivity contribution in [1.29, 1.82) is 0 Å². The first-order valence-electron chi connectivity index (χ1n) is 6.25. The minimum Gasteiger partial charge on any atom is -0.489 e. The molecule has 0 saturated carbocycles. The van der Waals surface area contributed by atoms with Crippen molar-refractivity contribution in [3.8, 4) is 5.75 Å². The maximum Gasteiger partial charge on any atom is 0.120 e. The van der Waals surface area contributed by atoms with Crippen LogP contribution < -0.4 is 10.5 Å². The van der Waals surface area contributed by atoms with Crippen LogP contribution in [0.2, 0.25) is 0 Å². The van der Waals surface area contributed by atoms with Gasteiger partial charge in [-0.15, -0.1) is 0 Å². The van der Waals surface area contributed by atoms with Gasteiger partial charge in [-0.3, -0.25) is 0 Å². The lowest BCUT2D eigenvalue weighted by molar-refractivity contribution is 0.306. The number of hydrogen-bond acceptors (Lipinski definition) is 2. The Hall–Kier alpha value is -1.39. The topological polar surface area (TPSA) is 35.2 Å². The molecule has 104 valence electrons. The highest BCUT2D eigenvalue weighted by Crippen LogP contribution is 2.26. The highest BCUT2D eigenvalue weighted by atomic mass is 79.9. The first-order chi connectivity index (χ1) is 9.47. The van der Waals surface area contributed by atoms with Gasteiger partial charge in [-0.25, -0.2) is 0 Å². The zero-order valence-electron chi connectivity index (χ0n) is 11.4. The van der Waals surface area contributed by atoms with E-state index >= 15 is 0 Å². The van der Waals surface area contributed by atoms with Gasteiger partial charge >= 0.3 is 0 Å². The Labute approximate surface area is 133 Å². The van der Waals surface area contributed by atoms with Crippen molar-refractivity contribution >= 4 is 33.1 Å². The SMILES string of the molecule is Cc1cc(OCc2ccc(C(N)=S)cc2)cc(C)c1Br. The van der Waals surface area contributed by atoms with Gasteiger partial charge in [0.1, 0.15) is 17.3 Å². The summed E-state index contributed by atoms with van der Waals surface area (Å²) < 4.78 is 6.95. The molecule has 2 N–H and O–H groups in total. The molecule has 2 aromatic carbocycles. The van der Waals surface area contributed by atoms with E-state index in [1.54, 1.807) is 0 Å². The first-order valence-corrected chi connectivity index (χ1v) is 7.46. The molecule has 0 aliphatic carbocycles. The highest BCUT2D eigenvalue weighted by molar-refractivity contribution is 9.10. The summed E-state index contributed by atoms with van der Waals surface area (Å²) >= 11 is 8.48. The van der Waals surface area contributed by atoms with E-state index in [9.17, 15) is 0 Å². The van der Waals surface area contributed by atoms with Gasteiger partial charge in [-0.1, -0.05) is 52.4 Å². The van der Waals surface area contributed by atoms with Crippen molar-refractivity contribution < 1.29 is 4.74 Å². The van der Waals surface area contributed by atoms with Crippen LogP contribution in [0.15, 0.2) is 40.9 Å². The molecule has 0 radical (unpaired) electrons. The maximum absolute atomic E-state index is 5.82. The number of hydrogen-bond donors (Lipinski definition) is 1. The molecule has 0 spiro atoms. The molecule has 0 bridgehead atoms. The van der Waals surface area contributed by atoms with E-state index < -0.39 is 0 Å². The zero-order valence-corrected chi connectivity index (χ0v) is 13.8. The fourth-order valence-corrected chi connectivity index (χ4v) is 2.29. The monoisotopic (exact) mass is 349 g/mol. The minimum atomic E-state index is 0.414. The summed E-state index contributed by atoms with van der Waals surface area (Å²) in [4.78, 5) is 0.414. The second-order valence-electron chi connectivity index (χ2n) is 4.72. The number of benzene rings is 2. The molecule has 20 heavy (non-hydrogen) atoms. The van der Waals surface area contributed by atoms with Crippen LogP contribution in [0.4, 0.5) is 0 Å². The van der Waals surface area contributed by atoms with Gasteiger partial charge in [0.25, 0.3) is 0 Å². The summed E-state index contributed by atoms with van der Waals surface area (Å²) in [5.41, 5.74) is 9.87. The standard InChI is InChI=1S/C16H16BrNOS/c1-10-7-14(8-11(2)15(10)17)19-9-12-3-5-13(6-4-12)16(18)20/h3-8H,9H2,1-2H3,(H2,18,20). The van der Waals surface area contributed by atoms with Crippen LogP contribution in [0.25, 0.3) is 0 Å². The quantitative estimate of drug-likeness (QED) is 0.836. The fraction of sp³-hybridized carbons (Fsp3) is 0.188. The molecule has 0 amide bonds. The van der Waals surface area contributed by atoms with Crippen LogP contribution in [0.1, 0.15) is 22.3 Å². The smallest absolute Gasteiger partial charge is 0.120 e. The zero-order chi connectivity index (χ0) is 14.7. The molecule has 2 nitrogen and oxygen atoms in total. The molecule has 0 unspecified atom stereocenters. The minimum absolute atomic E-state index is 0.414. The normalized spacial score (nSPS) is 10.3. The van der Waals surface area contributed by atoms with E-state index in [-0.39, 0.29) is 0 Å². The van der Waals surface area contributed by atoms with Gasteiger partial charge in [0, 0.05) is 10.0 Å². The molecule has 0 aliphatic heterocycles. The lowest BCUT2D eigenvalue weighted by Crippen LogP contribution is -2.09. The van der Waals surface area contributed by atoms with Crippen molar-refractivity contribution in [3.63, 3.8) is 0 Å². The molecule has 0 atom stereocenters. The molecule has 4 heteroatoms. The Morgan fingerprint density at radius 1 is 1.15 bits per heavy atom. The van der Waals surface area contributed by atoms with Gasteiger partial charge in [-0.2, -0.15) is 0 Å². The van der Waals surface area contributed by atoms with Crippen LogP contribution >= 0.6 is 28.1 Å². The van der Waals surface area contributed by atoms with Crippen LogP contribution in [-0.2, 0) is 6.61 Å². The van der Waals surface area contributed by atoms with Crippen LogP contribution in [0.3, 0.4) is 0 Å². The van der Waals surface area contributed by atoms with E-state index in [1.165, 1.54) is 11.1 Å². The predicted molar refractivity (Wildman–Crippen MR) is 90.3 cm³/mol. The Morgan fingerprint density at radius 2 is 1.70 bits per heavy atom. The van der Waals surface area contributed by atoms with Gasteiger partial charge in [0.05, 0.1) is 0 Å². The Balaban J connectivity index is 2.07. The number of ether oxygens (including phenoxy) is 1. The van der Waals surface area contributed by atoms with Crippen molar-refractivity contribution in [2.24, 2.45) is 5.73 Å². The van der Waals surface area contributed by atoms with Crippen LogP contribution in [-0.4, -0.2) is 4.99 Å².